The van der Waals surface area contributed by atoms with Crippen molar-refractivity contribution in [2.75, 3.05) is 0 Å². The van der Waals surface area contributed by atoms with Crippen molar-refractivity contribution in [3.63, 3.8) is 0 Å². The molecular formula is C16H12N2O2. The lowest BCUT2D eigenvalue weighted by Gasteiger charge is -2.01. The Kier molecular flexibility index (Phi) is 3.05. The number of hydrogen-bond acceptors (Lipinski definition) is 2. The standard InChI is InChI=1S/C16H12N2O2/c19-18(20)9-8-14-11-17-16-10-13(6-7-15(14)16)12-4-2-1-3-5-12/h1-11,17H/b9-8+. The van der Waals surface area contributed by atoms with Gasteiger partial charge in [-0.1, -0.05) is 42.5 Å². The molecule has 3 aromatic rings. The highest BCUT2D eigenvalue weighted by Gasteiger charge is 2.04. The average molecular weight is 264 g/mol. The fraction of sp³-hybridized carbons (Fsp3) is 0. The molecule has 0 atom stereocenters. The van der Waals surface area contributed by atoms with Crippen LogP contribution in [0, 0.1) is 10.1 Å². The van der Waals surface area contributed by atoms with Gasteiger partial charge in [0.05, 0.1) is 4.92 Å². The number of H-pyrrole nitrogens is 1. The molecular weight excluding hydrogens is 252 g/mol. The Morgan fingerprint density at radius 1 is 1.05 bits per heavy atom. The van der Waals surface area contributed by atoms with Crippen LogP contribution in [-0.4, -0.2) is 9.91 Å². The Morgan fingerprint density at radius 2 is 1.85 bits per heavy atom. The van der Waals surface area contributed by atoms with Crippen molar-refractivity contribution in [1.29, 1.82) is 0 Å². The molecule has 1 aromatic heterocycles. The van der Waals surface area contributed by atoms with Gasteiger partial charge in [-0.2, -0.15) is 0 Å². The van der Waals surface area contributed by atoms with E-state index in [0.717, 1.165) is 33.8 Å². The molecule has 20 heavy (non-hydrogen) atoms. The minimum Gasteiger partial charge on any atom is -0.361 e. The van der Waals surface area contributed by atoms with Crippen LogP contribution >= 0.6 is 0 Å². The van der Waals surface area contributed by atoms with Gasteiger partial charge in [-0.15, -0.1) is 0 Å². The van der Waals surface area contributed by atoms with Gasteiger partial charge >= 0.3 is 0 Å². The zero-order chi connectivity index (χ0) is 13.9. The second-order valence-electron chi connectivity index (χ2n) is 4.47. The molecule has 0 spiro atoms. The van der Waals surface area contributed by atoms with E-state index < -0.39 is 4.92 Å². The Labute approximate surface area is 115 Å². The molecule has 0 aliphatic heterocycles. The zero-order valence-electron chi connectivity index (χ0n) is 10.6. The molecule has 4 nitrogen and oxygen atoms in total. The van der Waals surface area contributed by atoms with E-state index in [2.05, 4.69) is 17.1 Å². The van der Waals surface area contributed by atoms with Crippen LogP contribution in [0.2, 0.25) is 0 Å². The first kappa shape index (κ1) is 12.2. The van der Waals surface area contributed by atoms with E-state index >= 15 is 0 Å². The average Bonchev–Trinajstić information content (AvgIpc) is 2.88. The third kappa shape index (κ3) is 2.31. The molecule has 1 N–H and O–H groups in total. The van der Waals surface area contributed by atoms with E-state index in [1.54, 1.807) is 6.20 Å². The number of aromatic nitrogens is 1. The monoisotopic (exact) mass is 264 g/mol. The van der Waals surface area contributed by atoms with E-state index in [4.69, 9.17) is 0 Å². The molecule has 0 radical (unpaired) electrons. The molecule has 3 rings (SSSR count). The van der Waals surface area contributed by atoms with Gasteiger partial charge < -0.3 is 4.98 Å². The first-order valence-electron chi connectivity index (χ1n) is 6.22. The minimum atomic E-state index is -0.461. The minimum absolute atomic E-state index is 0.461. The SMILES string of the molecule is O=[N+]([O-])/C=C/c1c[nH]c2cc(-c3ccccc3)ccc12. The Morgan fingerprint density at radius 3 is 2.60 bits per heavy atom. The molecule has 0 aliphatic carbocycles. The summed E-state index contributed by atoms with van der Waals surface area (Å²) in [6, 6.07) is 16.1. The van der Waals surface area contributed by atoms with Gasteiger partial charge in [-0.3, -0.25) is 10.1 Å². The molecule has 98 valence electrons. The third-order valence-corrected chi connectivity index (χ3v) is 3.20. The molecule has 0 fully saturated rings. The molecule has 0 unspecified atom stereocenters. The number of aromatic amines is 1. The van der Waals surface area contributed by atoms with Gasteiger partial charge in [0, 0.05) is 28.7 Å². The predicted octanol–water partition coefficient (Wildman–Crippen LogP) is 4.08. The van der Waals surface area contributed by atoms with Crippen LogP contribution in [0.1, 0.15) is 5.56 Å². The van der Waals surface area contributed by atoms with E-state index in [0.29, 0.717) is 0 Å². The lowest BCUT2D eigenvalue weighted by atomic mass is 10.0. The summed E-state index contributed by atoms with van der Waals surface area (Å²) >= 11 is 0. The van der Waals surface area contributed by atoms with Crippen molar-refractivity contribution in [3.8, 4) is 11.1 Å². The maximum atomic E-state index is 10.4. The summed E-state index contributed by atoms with van der Waals surface area (Å²) in [4.78, 5) is 13.1. The predicted molar refractivity (Wildman–Crippen MR) is 79.8 cm³/mol. The van der Waals surface area contributed by atoms with Gasteiger partial charge in [-0.25, -0.2) is 0 Å². The quantitative estimate of drug-likeness (QED) is 0.572. The molecule has 4 heteroatoms. The second kappa shape index (κ2) is 5.01. The lowest BCUT2D eigenvalue weighted by molar-refractivity contribution is -0.400. The molecule has 0 bridgehead atoms. The fourth-order valence-corrected chi connectivity index (χ4v) is 2.24. The first-order valence-corrected chi connectivity index (χ1v) is 6.22. The van der Waals surface area contributed by atoms with Gasteiger partial charge in [-0.05, 0) is 17.2 Å². The molecule has 2 aromatic carbocycles. The van der Waals surface area contributed by atoms with E-state index in [1.807, 2.05) is 36.4 Å². The van der Waals surface area contributed by atoms with Crippen LogP contribution in [0.4, 0.5) is 0 Å². The van der Waals surface area contributed by atoms with Crippen molar-refractivity contribution >= 4 is 17.0 Å². The smallest absolute Gasteiger partial charge is 0.235 e. The summed E-state index contributed by atoms with van der Waals surface area (Å²) in [5.41, 5.74) is 4.04. The molecule has 0 aliphatic rings. The number of nitrogens with zero attached hydrogens (tertiary/aromatic N) is 1. The number of hydrogen-bond donors (Lipinski definition) is 1. The van der Waals surface area contributed by atoms with Crippen molar-refractivity contribution in [3.05, 3.63) is 76.6 Å². The number of benzene rings is 2. The van der Waals surface area contributed by atoms with Crippen LogP contribution < -0.4 is 0 Å². The Hall–Kier alpha value is -2.88. The zero-order valence-corrected chi connectivity index (χ0v) is 10.6. The second-order valence-corrected chi connectivity index (χ2v) is 4.47. The summed E-state index contributed by atoms with van der Waals surface area (Å²) in [6.07, 6.45) is 4.23. The normalized spacial score (nSPS) is 11.2. The van der Waals surface area contributed by atoms with Gasteiger partial charge in [0.1, 0.15) is 0 Å². The molecule has 1 heterocycles. The van der Waals surface area contributed by atoms with E-state index in [-0.39, 0.29) is 0 Å². The van der Waals surface area contributed by atoms with Crippen molar-refractivity contribution in [1.82, 2.24) is 4.98 Å². The van der Waals surface area contributed by atoms with Crippen LogP contribution in [0.25, 0.3) is 28.1 Å². The van der Waals surface area contributed by atoms with Crippen molar-refractivity contribution < 1.29 is 4.92 Å². The first-order chi connectivity index (χ1) is 9.74. The van der Waals surface area contributed by atoms with Gasteiger partial charge in [0.25, 0.3) is 0 Å². The number of nitrogens with one attached hydrogen (secondary N) is 1. The highest BCUT2D eigenvalue weighted by atomic mass is 16.6. The van der Waals surface area contributed by atoms with Crippen molar-refractivity contribution in [2.45, 2.75) is 0 Å². The molecule has 0 amide bonds. The van der Waals surface area contributed by atoms with Crippen molar-refractivity contribution in [2.24, 2.45) is 0 Å². The fourth-order valence-electron chi connectivity index (χ4n) is 2.24. The maximum Gasteiger partial charge on any atom is 0.235 e. The van der Waals surface area contributed by atoms with Gasteiger partial charge in [0.15, 0.2) is 0 Å². The lowest BCUT2D eigenvalue weighted by Crippen LogP contribution is -1.81. The van der Waals surface area contributed by atoms with E-state index in [9.17, 15) is 10.1 Å². The highest BCUT2D eigenvalue weighted by Crippen LogP contribution is 2.26. The maximum absolute atomic E-state index is 10.4. The van der Waals surface area contributed by atoms with Crippen LogP contribution in [0.3, 0.4) is 0 Å². The number of nitro groups is 1. The number of rotatable bonds is 3. The molecule has 0 saturated carbocycles. The third-order valence-electron chi connectivity index (χ3n) is 3.20. The van der Waals surface area contributed by atoms with Gasteiger partial charge in [0.2, 0.25) is 6.20 Å². The van der Waals surface area contributed by atoms with E-state index in [1.165, 1.54) is 6.08 Å². The summed E-state index contributed by atoms with van der Waals surface area (Å²) in [6.45, 7) is 0. The summed E-state index contributed by atoms with van der Waals surface area (Å²) in [5.74, 6) is 0. The van der Waals surface area contributed by atoms with Crippen LogP contribution in [0.5, 0.6) is 0 Å². The highest BCUT2D eigenvalue weighted by molar-refractivity contribution is 5.91. The molecule has 0 saturated heterocycles. The van der Waals surface area contributed by atoms with Crippen LogP contribution in [-0.2, 0) is 0 Å². The Bertz CT molecular complexity index is 789. The van der Waals surface area contributed by atoms with Crippen LogP contribution in [0.15, 0.2) is 60.9 Å². The summed E-state index contributed by atoms with van der Waals surface area (Å²) < 4.78 is 0. The number of fused-ring (bicyclic) bond motifs is 1. The largest absolute Gasteiger partial charge is 0.361 e. The topological polar surface area (TPSA) is 58.9 Å². The Balaban J connectivity index is 2.04. The summed E-state index contributed by atoms with van der Waals surface area (Å²) in [7, 11) is 0. The summed E-state index contributed by atoms with van der Waals surface area (Å²) in [5, 5.41) is 11.4.